The van der Waals surface area contributed by atoms with Crippen molar-refractivity contribution in [2.45, 2.75) is 95.6 Å². The van der Waals surface area contributed by atoms with Gasteiger partial charge in [-0.25, -0.2) is 4.79 Å². The van der Waals surface area contributed by atoms with Gasteiger partial charge in [-0.3, -0.25) is 0 Å². The van der Waals surface area contributed by atoms with Crippen LogP contribution in [0.2, 0.25) is 0 Å². The molecule has 4 N–H and O–H groups in total. The number of carboxylic acids is 1. The van der Waals surface area contributed by atoms with Crippen LogP contribution in [0.15, 0.2) is 42.5 Å². The normalized spacial score (nSPS) is 29.0. The van der Waals surface area contributed by atoms with E-state index in [4.69, 9.17) is 14.6 Å². The van der Waals surface area contributed by atoms with Gasteiger partial charge < -0.3 is 29.9 Å². The van der Waals surface area contributed by atoms with E-state index in [1.807, 2.05) is 24.3 Å². The van der Waals surface area contributed by atoms with Crippen LogP contribution in [0.25, 0.3) is 11.6 Å². The molecule has 7 heteroatoms. The summed E-state index contributed by atoms with van der Waals surface area (Å²) in [5, 5.41) is 39.0. The van der Waals surface area contributed by atoms with Gasteiger partial charge in [0.2, 0.25) is 0 Å². The molecule has 1 aliphatic carbocycles. The van der Waals surface area contributed by atoms with Crippen molar-refractivity contribution in [2.75, 3.05) is 0 Å². The minimum atomic E-state index is -1.74. The molecule has 0 aromatic heterocycles. The maximum atomic E-state index is 11.3. The van der Waals surface area contributed by atoms with Crippen LogP contribution in [0.1, 0.15) is 75.3 Å². The van der Waals surface area contributed by atoms with Gasteiger partial charge in [0.1, 0.15) is 18.3 Å². The number of hydrogen-bond acceptors (Lipinski definition) is 6. The molecule has 7 nitrogen and oxygen atoms in total. The van der Waals surface area contributed by atoms with Gasteiger partial charge in [0.05, 0.1) is 6.61 Å². The number of ether oxygens (including phenoxy) is 2. The van der Waals surface area contributed by atoms with Crippen LogP contribution in [0.5, 0.6) is 0 Å². The first kappa shape index (κ1) is 27.5. The summed E-state index contributed by atoms with van der Waals surface area (Å²) >= 11 is 0. The monoisotopic (exact) mass is 510 g/mol. The van der Waals surface area contributed by atoms with Crippen LogP contribution in [0.3, 0.4) is 0 Å². The van der Waals surface area contributed by atoms with Gasteiger partial charge in [-0.15, -0.1) is 0 Å². The van der Waals surface area contributed by atoms with Crippen molar-refractivity contribution in [1.29, 1.82) is 0 Å². The highest BCUT2D eigenvalue weighted by Crippen LogP contribution is 2.46. The number of allylic oxidation sites excluding steroid dienone is 1. The van der Waals surface area contributed by atoms with E-state index in [9.17, 15) is 20.1 Å². The van der Waals surface area contributed by atoms with Crippen LogP contribution < -0.4 is 0 Å². The van der Waals surface area contributed by atoms with Crippen molar-refractivity contribution in [3.05, 3.63) is 70.3 Å². The fourth-order valence-electron chi connectivity index (χ4n) is 5.25. The lowest BCUT2D eigenvalue weighted by Crippen LogP contribution is -2.60. The highest BCUT2D eigenvalue weighted by Gasteiger charge is 2.47. The van der Waals surface area contributed by atoms with Gasteiger partial charge >= 0.3 is 5.97 Å². The minimum absolute atomic E-state index is 0.0372. The van der Waals surface area contributed by atoms with Gasteiger partial charge in [0.25, 0.3) is 0 Å². The molecule has 2 aromatic rings. The largest absolute Gasteiger partial charge is 0.479 e. The Morgan fingerprint density at radius 2 is 1.57 bits per heavy atom. The standard InChI is InChI=1S/C30H38O7/c1-17(20-10-11-21-22(15-20)30(4,5)13-12-29(21,2)3)14-18-6-8-19(9-7-18)16-36-28-25(33)23(31)24(32)26(37-28)27(34)35/h6-11,14-15,23-26,28,31-33H,12-13,16H2,1-5H3,(H,34,35)/b17-14+/t23-,24-,25+,26-,28+/m0/s1. The SMILES string of the molecule is C/C(=C\c1ccc(CO[C@@H]2O[C@H](C(=O)O)[C@@H](O)[C@H](O)[C@H]2O)cc1)c1ccc2c(c1)C(C)(C)CCC2(C)C. The van der Waals surface area contributed by atoms with Gasteiger partial charge in [-0.2, -0.15) is 0 Å². The zero-order valence-electron chi connectivity index (χ0n) is 22.1. The Hall–Kier alpha value is -2.55. The summed E-state index contributed by atoms with van der Waals surface area (Å²) in [6.45, 7) is 11.5. The second-order valence-corrected chi connectivity index (χ2v) is 11.6. The summed E-state index contributed by atoms with van der Waals surface area (Å²) in [7, 11) is 0. The molecule has 1 heterocycles. The van der Waals surface area contributed by atoms with E-state index in [1.54, 1.807) is 0 Å². The Labute approximate surface area is 218 Å². The van der Waals surface area contributed by atoms with Crippen molar-refractivity contribution < 1.29 is 34.7 Å². The average Bonchev–Trinajstić information content (AvgIpc) is 2.85. The molecule has 0 unspecified atom stereocenters. The first-order chi connectivity index (χ1) is 17.3. The first-order valence-electron chi connectivity index (χ1n) is 12.8. The molecule has 0 saturated carbocycles. The predicted molar refractivity (Wildman–Crippen MR) is 141 cm³/mol. The molecule has 200 valence electrons. The van der Waals surface area contributed by atoms with Crippen molar-refractivity contribution in [3.8, 4) is 0 Å². The van der Waals surface area contributed by atoms with E-state index in [0.29, 0.717) is 0 Å². The minimum Gasteiger partial charge on any atom is -0.479 e. The molecule has 0 radical (unpaired) electrons. The number of carboxylic acid groups (broad SMARTS) is 1. The van der Waals surface area contributed by atoms with Gasteiger partial charge in [0, 0.05) is 0 Å². The number of aliphatic carboxylic acids is 1. The van der Waals surface area contributed by atoms with E-state index >= 15 is 0 Å². The summed E-state index contributed by atoms with van der Waals surface area (Å²) in [5.41, 5.74) is 7.38. The molecule has 0 amide bonds. The summed E-state index contributed by atoms with van der Waals surface area (Å²) in [6.07, 6.45) is -3.56. The molecule has 1 aliphatic heterocycles. The number of hydrogen-bond donors (Lipinski definition) is 4. The Balaban J connectivity index is 1.45. The number of fused-ring (bicyclic) bond motifs is 1. The second kappa shape index (κ2) is 10.3. The second-order valence-electron chi connectivity index (χ2n) is 11.6. The van der Waals surface area contributed by atoms with Gasteiger partial charge in [0.15, 0.2) is 12.4 Å². The molecule has 1 saturated heterocycles. The Morgan fingerprint density at radius 3 is 2.19 bits per heavy atom. The highest BCUT2D eigenvalue weighted by molar-refractivity contribution is 5.80. The van der Waals surface area contributed by atoms with Crippen molar-refractivity contribution in [2.24, 2.45) is 0 Å². The van der Waals surface area contributed by atoms with Crippen LogP contribution >= 0.6 is 0 Å². The maximum absolute atomic E-state index is 11.3. The maximum Gasteiger partial charge on any atom is 0.335 e. The van der Waals surface area contributed by atoms with Crippen LogP contribution in [-0.2, 0) is 31.7 Å². The summed E-state index contributed by atoms with van der Waals surface area (Å²) in [4.78, 5) is 11.3. The molecule has 2 aliphatic rings. The quantitative estimate of drug-likeness (QED) is 0.434. The van der Waals surface area contributed by atoms with Gasteiger partial charge in [-0.1, -0.05) is 76.2 Å². The zero-order chi connectivity index (χ0) is 27.1. The molecule has 0 spiro atoms. The highest BCUT2D eigenvalue weighted by atomic mass is 16.7. The predicted octanol–water partition coefficient (Wildman–Crippen LogP) is 4.00. The van der Waals surface area contributed by atoms with Crippen LogP contribution in [0.4, 0.5) is 0 Å². The molecular formula is C30H38O7. The lowest BCUT2D eigenvalue weighted by Gasteiger charge is -2.42. The summed E-state index contributed by atoms with van der Waals surface area (Å²) in [6, 6.07) is 14.5. The van der Waals surface area contributed by atoms with Crippen LogP contribution in [-0.4, -0.2) is 57.1 Å². The molecular weight excluding hydrogens is 472 g/mol. The fraction of sp³-hybridized carbons (Fsp3) is 0.500. The van der Waals surface area contributed by atoms with Crippen molar-refractivity contribution in [3.63, 3.8) is 0 Å². The summed E-state index contributed by atoms with van der Waals surface area (Å²) < 4.78 is 10.7. The zero-order valence-corrected chi connectivity index (χ0v) is 22.1. The topological polar surface area (TPSA) is 116 Å². The van der Waals surface area contributed by atoms with E-state index < -0.39 is 36.7 Å². The third kappa shape index (κ3) is 5.66. The third-order valence-electron chi connectivity index (χ3n) is 7.90. The fourth-order valence-corrected chi connectivity index (χ4v) is 5.25. The van der Waals surface area contributed by atoms with Gasteiger partial charge in [-0.05, 0) is 64.0 Å². The molecule has 4 rings (SSSR count). The summed E-state index contributed by atoms with van der Waals surface area (Å²) in [5.74, 6) is -1.44. The number of carbonyl (C=O) groups is 1. The number of benzene rings is 2. The van der Waals surface area contributed by atoms with E-state index in [2.05, 4.69) is 58.9 Å². The molecule has 37 heavy (non-hydrogen) atoms. The van der Waals surface area contributed by atoms with E-state index in [-0.39, 0.29) is 17.4 Å². The number of aliphatic hydroxyl groups is 3. The Morgan fingerprint density at radius 1 is 0.946 bits per heavy atom. The smallest absolute Gasteiger partial charge is 0.335 e. The number of aliphatic hydroxyl groups excluding tert-OH is 3. The average molecular weight is 511 g/mol. The first-order valence-corrected chi connectivity index (χ1v) is 12.8. The van der Waals surface area contributed by atoms with E-state index in [1.165, 1.54) is 29.5 Å². The Kier molecular flexibility index (Phi) is 7.66. The lowest BCUT2D eigenvalue weighted by molar-refractivity contribution is -0.297. The van der Waals surface area contributed by atoms with Crippen LogP contribution in [0, 0.1) is 0 Å². The molecule has 1 fully saturated rings. The Bertz CT molecular complexity index is 1160. The molecule has 5 atom stereocenters. The third-order valence-corrected chi connectivity index (χ3v) is 7.90. The number of rotatable bonds is 6. The van der Waals surface area contributed by atoms with Crippen molar-refractivity contribution in [1.82, 2.24) is 0 Å². The molecule has 0 bridgehead atoms. The van der Waals surface area contributed by atoms with Crippen molar-refractivity contribution >= 4 is 17.6 Å². The van der Waals surface area contributed by atoms with E-state index in [0.717, 1.165) is 16.7 Å². The molecule has 2 aromatic carbocycles. The lowest BCUT2D eigenvalue weighted by atomic mass is 9.63.